The molecule has 1 aromatic rings. The average molecular weight is 439 g/mol. The van der Waals surface area contributed by atoms with Crippen LogP contribution in [0.1, 0.15) is 19.5 Å². The molecule has 0 aromatic carbocycles. The summed E-state index contributed by atoms with van der Waals surface area (Å²) in [5.74, 6) is -3.14. The lowest BCUT2D eigenvalue weighted by Crippen LogP contribution is -2.71. The van der Waals surface area contributed by atoms with Crippen LogP contribution in [0.5, 0.6) is 0 Å². The minimum absolute atomic E-state index is 0.0662. The van der Waals surface area contributed by atoms with Crippen molar-refractivity contribution in [1.82, 2.24) is 15.2 Å². The van der Waals surface area contributed by atoms with Crippen LogP contribution in [0.4, 0.5) is 5.13 Å². The van der Waals surface area contributed by atoms with Gasteiger partial charge in [-0.25, -0.2) is 9.78 Å². The van der Waals surface area contributed by atoms with Gasteiger partial charge in [-0.15, -0.1) is 23.1 Å². The Bertz CT molecular complexity index is 971. The molecule has 3 heterocycles. The molecule has 2 amide bonds. The maximum atomic E-state index is 12.7. The van der Waals surface area contributed by atoms with Gasteiger partial charge in [0.15, 0.2) is 16.6 Å². The molecule has 13 heteroatoms. The summed E-state index contributed by atoms with van der Waals surface area (Å²) in [6.07, 6.45) is 0. The number of ketones is 1. The van der Waals surface area contributed by atoms with E-state index < -0.39 is 40.2 Å². The van der Waals surface area contributed by atoms with Crippen molar-refractivity contribution in [3.05, 3.63) is 22.3 Å². The zero-order valence-corrected chi connectivity index (χ0v) is 17.2. The first-order valence-corrected chi connectivity index (χ1v) is 10.1. The number of aromatic nitrogens is 1. The number of nitrogens with zero attached hydrogens (tertiary/aromatic N) is 3. The van der Waals surface area contributed by atoms with E-state index in [1.807, 2.05) is 0 Å². The number of Topliss-reactive ketones (excluding diaryl/α,β-unsaturated/α-hetero) is 1. The van der Waals surface area contributed by atoms with E-state index in [4.69, 9.17) is 5.73 Å². The van der Waals surface area contributed by atoms with Crippen molar-refractivity contribution in [2.45, 2.75) is 30.5 Å². The number of β-lactam (4-membered cyclic amide) rings is 1. The molecule has 0 radical (unpaired) electrons. The molecular weight excluding hydrogens is 422 g/mol. The Morgan fingerprint density at radius 3 is 2.62 bits per heavy atom. The largest absolute Gasteiger partial charge is 0.477 e. The SMILES string of the molecule is CO/N=C(\C(=O)NC1C(=O)N2C(C(=O)O)=C(C(C)=O)C(C)SC12)c1csc(N)n1. The molecule has 2 aliphatic heterocycles. The van der Waals surface area contributed by atoms with E-state index in [-0.39, 0.29) is 27.8 Å². The van der Waals surface area contributed by atoms with Crippen LogP contribution in [0.15, 0.2) is 21.8 Å². The number of nitrogen functional groups attached to an aromatic ring is 1. The number of anilines is 1. The highest BCUT2D eigenvalue weighted by molar-refractivity contribution is 8.01. The van der Waals surface area contributed by atoms with E-state index in [0.29, 0.717) is 0 Å². The summed E-state index contributed by atoms with van der Waals surface area (Å²) in [5, 5.41) is 16.4. The van der Waals surface area contributed by atoms with Gasteiger partial charge in [0.1, 0.15) is 29.9 Å². The first kappa shape index (κ1) is 20.8. The molecule has 3 rings (SSSR count). The van der Waals surface area contributed by atoms with Crippen LogP contribution in [-0.2, 0) is 24.0 Å². The van der Waals surface area contributed by atoms with Crippen LogP contribution in [0, 0.1) is 0 Å². The lowest BCUT2D eigenvalue weighted by molar-refractivity contribution is -0.150. The van der Waals surface area contributed by atoms with Gasteiger partial charge in [0, 0.05) is 16.2 Å². The van der Waals surface area contributed by atoms with Crippen LogP contribution in [0.2, 0.25) is 0 Å². The molecule has 0 aliphatic carbocycles. The predicted molar refractivity (Wildman–Crippen MR) is 105 cm³/mol. The first-order valence-electron chi connectivity index (χ1n) is 8.27. The average Bonchev–Trinajstić information content (AvgIpc) is 3.08. The quantitative estimate of drug-likeness (QED) is 0.309. The molecule has 1 aromatic heterocycles. The molecule has 2 aliphatic rings. The highest BCUT2D eigenvalue weighted by Gasteiger charge is 2.56. The number of amides is 2. The molecule has 4 N–H and O–H groups in total. The second-order valence-corrected chi connectivity index (χ2v) is 8.50. The van der Waals surface area contributed by atoms with Crippen LogP contribution >= 0.6 is 23.1 Å². The van der Waals surface area contributed by atoms with Crippen molar-refractivity contribution in [3.63, 3.8) is 0 Å². The number of hydrogen-bond acceptors (Lipinski definition) is 10. The summed E-state index contributed by atoms with van der Waals surface area (Å²) in [6, 6.07) is -0.990. The van der Waals surface area contributed by atoms with Crippen LogP contribution in [0.25, 0.3) is 0 Å². The Balaban J connectivity index is 1.86. The Morgan fingerprint density at radius 2 is 2.10 bits per heavy atom. The molecule has 0 bridgehead atoms. The number of nitrogens with one attached hydrogen (secondary N) is 1. The molecule has 11 nitrogen and oxygen atoms in total. The Kier molecular flexibility index (Phi) is 5.61. The van der Waals surface area contributed by atoms with E-state index in [1.165, 1.54) is 31.2 Å². The van der Waals surface area contributed by atoms with Gasteiger partial charge in [-0.2, -0.15) is 0 Å². The number of thiazole rings is 1. The van der Waals surface area contributed by atoms with Crippen molar-refractivity contribution in [1.29, 1.82) is 0 Å². The van der Waals surface area contributed by atoms with Crippen molar-refractivity contribution < 1.29 is 29.1 Å². The lowest BCUT2D eigenvalue weighted by atomic mass is 9.98. The number of aliphatic carboxylic acids is 1. The number of fused-ring (bicyclic) bond motifs is 1. The third-order valence-corrected chi connectivity index (χ3v) is 6.40. The summed E-state index contributed by atoms with van der Waals surface area (Å²) in [6.45, 7) is 2.94. The maximum Gasteiger partial charge on any atom is 0.353 e. The van der Waals surface area contributed by atoms with Gasteiger partial charge in [0.05, 0.1) is 0 Å². The zero-order valence-electron chi connectivity index (χ0n) is 15.5. The molecule has 3 atom stereocenters. The molecule has 0 spiro atoms. The third kappa shape index (κ3) is 3.58. The van der Waals surface area contributed by atoms with Gasteiger partial charge >= 0.3 is 5.97 Å². The highest BCUT2D eigenvalue weighted by Crippen LogP contribution is 2.44. The van der Waals surface area contributed by atoms with E-state index in [2.05, 4.69) is 20.3 Å². The molecule has 29 heavy (non-hydrogen) atoms. The van der Waals surface area contributed by atoms with Gasteiger partial charge < -0.3 is 21.0 Å². The number of oxime groups is 1. The Morgan fingerprint density at radius 1 is 1.41 bits per heavy atom. The second kappa shape index (κ2) is 7.83. The van der Waals surface area contributed by atoms with Crippen molar-refractivity contribution in [2.24, 2.45) is 5.16 Å². The molecule has 1 saturated heterocycles. The second-order valence-electron chi connectivity index (χ2n) is 6.15. The van der Waals surface area contributed by atoms with Crippen molar-refractivity contribution in [3.8, 4) is 0 Å². The maximum absolute atomic E-state index is 12.7. The Labute approximate surface area is 173 Å². The number of nitrogens with two attached hydrogens (primary N) is 1. The van der Waals surface area contributed by atoms with E-state index in [0.717, 1.165) is 16.2 Å². The molecule has 3 unspecified atom stereocenters. The summed E-state index contributed by atoms with van der Waals surface area (Å²) >= 11 is 2.32. The third-order valence-electron chi connectivity index (χ3n) is 4.32. The molecule has 154 valence electrons. The van der Waals surface area contributed by atoms with Gasteiger partial charge in [-0.05, 0) is 13.8 Å². The smallest absolute Gasteiger partial charge is 0.353 e. The van der Waals surface area contributed by atoms with Gasteiger partial charge in [0.25, 0.3) is 11.8 Å². The van der Waals surface area contributed by atoms with Gasteiger partial charge in [-0.3, -0.25) is 19.3 Å². The minimum atomic E-state index is -1.37. The number of carbonyl (C=O) groups is 4. The summed E-state index contributed by atoms with van der Waals surface area (Å²) in [4.78, 5) is 58.6. The number of carboxylic acid groups (broad SMARTS) is 1. The monoisotopic (exact) mass is 439 g/mol. The van der Waals surface area contributed by atoms with Crippen molar-refractivity contribution >= 4 is 57.5 Å². The fourth-order valence-corrected chi connectivity index (χ4v) is 5.20. The van der Waals surface area contributed by atoms with Gasteiger partial charge in [0.2, 0.25) is 0 Å². The number of carbonyl (C=O) groups excluding carboxylic acids is 3. The summed E-state index contributed by atoms with van der Waals surface area (Å²) in [5.41, 5.74) is 5.32. The van der Waals surface area contributed by atoms with Crippen LogP contribution < -0.4 is 11.1 Å². The minimum Gasteiger partial charge on any atom is -0.477 e. The summed E-state index contributed by atoms with van der Waals surface area (Å²) < 4.78 is 0. The summed E-state index contributed by atoms with van der Waals surface area (Å²) in [7, 11) is 1.26. The van der Waals surface area contributed by atoms with Crippen molar-refractivity contribution in [2.75, 3.05) is 12.8 Å². The lowest BCUT2D eigenvalue weighted by Gasteiger charge is -2.50. The molecular formula is C16H17N5O6S2. The van der Waals surface area contributed by atoms with Crippen LogP contribution in [0.3, 0.4) is 0 Å². The Hall–Kier alpha value is -2.93. The fraction of sp³-hybridized carbons (Fsp3) is 0.375. The first-order chi connectivity index (χ1) is 13.7. The van der Waals surface area contributed by atoms with E-state index in [9.17, 15) is 24.3 Å². The molecule has 1 fully saturated rings. The van der Waals surface area contributed by atoms with E-state index in [1.54, 1.807) is 6.92 Å². The zero-order chi connectivity index (χ0) is 21.5. The normalized spacial score (nSPS) is 24.0. The van der Waals surface area contributed by atoms with Crippen LogP contribution in [-0.4, -0.2) is 68.0 Å². The number of carboxylic acids is 1. The molecule has 0 saturated carbocycles. The van der Waals surface area contributed by atoms with E-state index >= 15 is 0 Å². The number of hydrogen-bond donors (Lipinski definition) is 3. The topological polar surface area (TPSA) is 164 Å². The number of rotatable bonds is 6. The predicted octanol–water partition coefficient (Wildman–Crippen LogP) is -0.208. The standard InChI is InChI=1S/C16H17N5O6S2/c1-5(22)8-6(2)29-14-10(13(24)21(14)11(8)15(25)26)19-12(23)9(20-27-3)7-4-28-16(17)18-7/h4,6,10,14H,1-3H3,(H2,17,18)(H,19,23)(H,25,26)/b20-9-. The number of thioether (sulfide) groups is 1. The fourth-order valence-electron chi connectivity index (χ4n) is 3.15. The highest BCUT2D eigenvalue weighted by atomic mass is 32.2. The van der Waals surface area contributed by atoms with Gasteiger partial charge in [-0.1, -0.05) is 5.16 Å².